The van der Waals surface area contributed by atoms with Crippen LogP contribution < -0.4 is 0 Å². The van der Waals surface area contributed by atoms with Gasteiger partial charge in [-0.05, 0) is 38.0 Å². The molecular formula is C16H25N3O2. The van der Waals surface area contributed by atoms with Crippen LogP contribution in [0.15, 0.2) is 12.4 Å². The monoisotopic (exact) mass is 291 g/mol. The Morgan fingerprint density at radius 1 is 1.33 bits per heavy atom. The van der Waals surface area contributed by atoms with E-state index in [-0.39, 0.29) is 12.0 Å². The van der Waals surface area contributed by atoms with Gasteiger partial charge in [0.2, 0.25) is 0 Å². The molecule has 1 atom stereocenters. The highest BCUT2D eigenvalue weighted by molar-refractivity contribution is 5.93. The second kappa shape index (κ2) is 6.98. The molecule has 1 aromatic rings. The van der Waals surface area contributed by atoms with Crippen LogP contribution in [-0.4, -0.2) is 45.1 Å². The highest BCUT2D eigenvalue weighted by Gasteiger charge is 2.28. The molecule has 0 bridgehead atoms. The first-order valence-corrected chi connectivity index (χ1v) is 7.73. The van der Waals surface area contributed by atoms with Crippen molar-refractivity contribution in [1.82, 2.24) is 14.9 Å². The van der Waals surface area contributed by atoms with Crippen LogP contribution in [0.1, 0.15) is 49.3 Å². The molecule has 0 aliphatic carbocycles. The van der Waals surface area contributed by atoms with Crippen LogP contribution in [0.4, 0.5) is 0 Å². The maximum Gasteiger partial charge on any atom is 0.256 e. The van der Waals surface area contributed by atoms with E-state index in [1.54, 1.807) is 19.3 Å². The molecule has 2 rings (SSSR count). The molecule has 0 spiro atoms. The molecule has 0 aromatic carbocycles. The van der Waals surface area contributed by atoms with Crippen molar-refractivity contribution in [3.63, 3.8) is 0 Å². The van der Waals surface area contributed by atoms with E-state index in [0.29, 0.717) is 36.3 Å². The fourth-order valence-corrected chi connectivity index (χ4v) is 2.85. The lowest BCUT2D eigenvalue weighted by Gasteiger charge is -2.34. The Bertz CT molecular complexity index is 465. The van der Waals surface area contributed by atoms with Crippen LogP contribution in [0, 0.1) is 18.8 Å². The Labute approximate surface area is 126 Å². The predicted octanol–water partition coefficient (Wildman–Crippen LogP) is 2.04. The third-order valence-corrected chi connectivity index (χ3v) is 4.11. The van der Waals surface area contributed by atoms with Crippen molar-refractivity contribution in [2.75, 3.05) is 13.1 Å². The molecule has 0 unspecified atom stereocenters. The molecule has 1 aliphatic heterocycles. The maximum absolute atomic E-state index is 12.3. The van der Waals surface area contributed by atoms with E-state index in [0.717, 1.165) is 19.3 Å². The summed E-state index contributed by atoms with van der Waals surface area (Å²) >= 11 is 0. The Morgan fingerprint density at radius 3 is 2.43 bits per heavy atom. The minimum atomic E-state index is -0.245. The molecule has 116 valence electrons. The third kappa shape index (κ3) is 4.24. The number of amides is 1. The molecule has 1 amide bonds. The normalized spacial score (nSPS) is 18.0. The van der Waals surface area contributed by atoms with E-state index in [2.05, 4.69) is 23.8 Å². The predicted molar refractivity (Wildman–Crippen MR) is 80.9 cm³/mol. The summed E-state index contributed by atoms with van der Waals surface area (Å²) < 4.78 is 0. The number of aliphatic hydroxyl groups excluding tert-OH is 1. The average molecular weight is 291 g/mol. The van der Waals surface area contributed by atoms with Crippen LogP contribution in [0.25, 0.3) is 0 Å². The molecule has 0 saturated carbocycles. The lowest BCUT2D eigenvalue weighted by atomic mass is 9.87. The minimum Gasteiger partial charge on any atom is -0.393 e. The zero-order valence-corrected chi connectivity index (χ0v) is 13.1. The number of hydrogen-bond acceptors (Lipinski definition) is 4. The Morgan fingerprint density at radius 2 is 1.90 bits per heavy atom. The number of likely N-dealkylation sites (tertiary alicyclic amines) is 1. The van der Waals surface area contributed by atoms with Crippen molar-refractivity contribution in [2.45, 2.75) is 46.1 Å². The molecule has 1 fully saturated rings. The number of nitrogens with zero attached hydrogens (tertiary/aromatic N) is 3. The van der Waals surface area contributed by atoms with E-state index in [1.807, 2.05) is 4.90 Å². The van der Waals surface area contributed by atoms with Crippen LogP contribution in [0.2, 0.25) is 0 Å². The standard InChI is InChI=1S/C16H25N3O2/c1-11(2)8-15(20)13-4-6-19(7-5-13)16(21)14-9-17-12(3)18-10-14/h9-11,13,15,20H,4-8H2,1-3H3/t15-/m1/s1. The number of aryl methyl sites for hydroxylation is 1. The van der Waals surface area contributed by atoms with Gasteiger partial charge in [0, 0.05) is 25.5 Å². The summed E-state index contributed by atoms with van der Waals surface area (Å²) in [6, 6.07) is 0. The van der Waals surface area contributed by atoms with E-state index in [9.17, 15) is 9.90 Å². The maximum atomic E-state index is 12.3. The van der Waals surface area contributed by atoms with E-state index in [1.165, 1.54) is 0 Å². The topological polar surface area (TPSA) is 66.3 Å². The van der Waals surface area contributed by atoms with Gasteiger partial charge in [0.15, 0.2) is 0 Å². The van der Waals surface area contributed by atoms with Gasteiger partial charge >= 0.3 is 0 Å². The number of carbonyl (C=O) groups is 1. The molecule has 0 radical (unpaired) electrons. The number of piperidine rings is 1. The zero-order chi connectivity index (χ0) is 15.4. The van der Waals surface area contributed by atoms with Gasteiger partial charge in [-0.25, -0.2) is 9.97 Å². The number of hydrogen-bond donors (Lipinski definition) is 1. The fraction of sp³-hybridized carbons (Fsp3) is 0.688. The summed E-state index contributed by atoms with van der Waals surface area (Å²) in [5.41, 5.74) is 0.543. The van der Waals surface area contributed by atoms with E-state index in [4.69, 9.17) is 0 Å². The summed E-state index contributed by atoms with van der Waals surface area (Å²) in [6.07, 6.45) is 5.50. The first-order chi connectivity index (χ1) is 9.97. The molecule has 2 heterocycles. The summed E-state index contributed by atoms with van der Waals surface area (Å²) in [4.78, 5) is 22.3. The SMILES string of the molecule is Cc1ncc(C(=O)N2CCC([C@H](O)CC(C)C)CC2)cn1. The first kappa shape index (κ1) is 15.9. The second-order valence-corrected chi connectivity index (χ2v) is 6.35. The van der Waals surface area contributed by atoms with Crippen molar-refractivity contribution in [3.05, 3.63) is 23.8 Å². The minimum absolute atomic E-state index is 0.00759. The van der Waals surface area contributed by atoms with E-state index < -0.39 is 0 Å². The first-order valence-electron chi connectivity index (χ1n) is 7.73. The summed E-state index contributed by atoms with van der Waals surface area (Å²) in [5, 5.41) is 10.2. The summed E-state index contributed by atoms with van der Waals surface area (Å²) in [5.74, 6) is 1.48. The number of aliphatic hydroxyl groups is 1. The molecule has 5 heteroatoms. The number of aromatic nitrogens is 2. The molecule has 1 saturated heterocycles. The quantitative estimate of drug-likeness (QED) is 0.922. The Hall–Kier alpha value is -1.49. The van der Waals surface area contributed by atoms with Crippen LogP contribution >= 0.6 is 0 Å². The van der Waals surface area contributed by atoms with Gasteiger partial charge in [-0.3, -0.25) is 4.79 Å². The van der Waals surface area contributed by atoms with Crippen molar-refractivity contribution in [1.29, 1.82) is 0 Å². The largest absolute Gasteiger partial charge is 0.393 e. The highest BCUT2D eigenvalue weighted by Crippen LogP contribution is 2.25. The van der Waals surface area contributed by atoms with Gasteiger partial charge in [-0.2, -0.15) is 0 Å². The summed E-state index contributed by atoms with van der Waals surface area (Å²) in [6.45, 7) is 7.45. The van der Waals surface area contributed by atoms with Gasteiger partial charge in [-0.1, -0.05) is 13.8 Å². The zero-order valence-electron chi connectivity index (χ0n) is 13.1. The third-order valence-electron chi connectivity index (χ3n) is 4.11. The van der Waals surface area contributed by atoms with Crippen LogP contribution in [0.3, 0.4) is 0 Å². The van der Waals surface area contributed by atoms with Gasteiger partial charge in [0.1, 0.15) is 5.82 Å². The smallest absolute Gasteiger partial charge is 0.256 e. The van der Waals surface area contributed by atoms with Gasteiger partial charge < -0.3 is 10.0 Å². The fourth-order valence-electron chi connectivity index (χ4n) is 2.85. The highest BCUT2D eigenvalue weighted by atomic mass is 16.3. The summed E-state index contributed by atoms with van der Waals surface area (Å²) in [7, 11) is 0. The van der Waals surface area contributed by atoms with Crippen molar-refractivity contribution >= 4 is 5.91 Å². The van der Waals surface area contributed by atoms with Crippen molar-refractivity contribution in [3.8, 4) is 0 Å². The van der Waals surface area contributed by atoms with Crippen LogP contribution in [0.5, 0.6) is 0 Å². The van der Waals surface area contributed by atoms with Gasteiger partial charge in [0.25, 0.3) is 5.91 Å². The second-order valence-electron chi connectivity index (χ2n) is 6.35. The van der Waals surface area contributed by atoms with Crippen molar-refractivity contribution < 1.29 is 9.90 Å². The van der Waals surface area contributed by atoms with E-state index >= 15 is 0 Å². The van der Waals surface area contributed by atoms with Crippen molar-refractivity contribution in [2.24, 2.45) is 11.8 Å². The molecule has 5 nitrogen and oxygen atoms in total. The Balaban J connectivity index is 1.88. The number of carbonyl (C=O) groups excluding carboxylic acids is 1. The molecule has 1 N–H and O–H groups in total. The Kier molecular flexibility index (Phi) is 5.28. The average Bonchev–Trinajstić information content (AvgIpc) is 2.47. The van der Waals surface area contributed by atoms with Crippen LogP contribution in [-0.2, 0) is 0 Å². The molecular weight excluding hydrogens is 266 g/mol. The molecule has 1 aliphatic rings. The molecule has 1 aromatic heterocycles. The lowest BCUT2D eigenvalue weighted by molar-refractivity contribution is 0.0385. The van der Waals surface area contributed by atoms with Gasteiger partial charge in [-0.15, -0.1) is 0 Å². The van der Waals surface area contributed by atoms with Gasteiger partial charge in [0.05, 0.1) is 11.7 Å². The molecule has 21 heavy (non-hydrogen) atoms. The lowest BCUT2D eigenvalue weighted by Crippen LogP contribution is -2.41. The number of rotatable bonds is 4.